The highest BCUT2D eigenvalue weighted by Gasteiger charge is 2.27. The number of aliphatic hydroxyl groups is 1. The lowest BCUT2D eigenvalue weighted by molar-refractivity contribution is -0.109. The van der Waals surface area contributed by atoms with Crippen molar-refractivity contribution in [2.24, 2.45) is 4.99 Å². The second-order valence-electron chi connectivity index (χ2n) is 6.38. The van der Waals surface area contributed by atoms with Crippen LogP contribution in [0.2, 0.25) is 0 Å². The molecule has 0 fully saturated rings. The van der Waals surface area contributed by atoms with E-state index in [4.69, 9.17) is 4.42 Å². The zero-order valence-electron chi connectivity index (χ0n) is 16.1. The highest BCUT2D eigenvalue weighted by molar-refractivity contribution is 8.14. The van der Waals surface area contributed by atoms with Crippen molar-refractivity contribution >= 4 is 50.2 Å². The number of benzene rings is 1. The van der Waals surface area contributed by atoms with E-state index in [1.54, 1.807) is 12.3 Å². The Morgan fingerprint density at radius 1 is 1.27 bits per heavy atom. The fourth-order valence-electron chi connectivity index (χ4n) is 2.80. The number of hydrogen-bond donors (Lipinski definition) is 1. The Hall–Kier alpha value is -2.69. The molecular weight excluding hydrogens is 428 g/mol. The molecule has 8 nitrogen and oxygen atoms in total. The van der Waals surface area contributed by atoms with Crippen molar-refractivity contribution in [2.75, 3.05) is 29.8 Å². The second kappa shape index (κ2) is 9.41. The van der Waals surface area contributed by atoms with Gasteiger partial charge in [0.25, 0.3) is 10.0 Å². The van der Waals surface area contributed by atoms with Crippen LogP contribution in [0, 0.1) is 0 Å². The molecule has 0 bridgehead atoms. The first-order chi connectivity index (χ1) is 14.3. The van der Waals surface area contributed by atoms with Gasteiger partial charge in [0.15, 0.2) is 10.9 Å². The number of carbonyl (C=O) groups is 2. The van der Waals surface area contributed by atoms with Gasteiger partial charge < -0.3 is 9.52 Å². The molecule has 158 valence electrons. The molecule has 1 aromatic heterocycles. The largest absolute Gasteiger partial charge is 0.463 e. The van der Waals surface area contributed by atoms with Crippen molar-refractivity contribution < 1.29 is 27.5 Å². The van der Waals surface area contributed by atoms with Gasteiger partial charge in [0.2, 0.25) is 0 Å². The number of thioether (sulfide) groups is 1. The molecule has 1 aromatic carbocycles. The summed E-state index contributed by atoms with van der Waals surface area (Å²) in [5, 5.41) is 9.25. The van der Waals surface area contributed by atoms with Gasteiger partial charge in [-0.3, -0.25) is 18.9 Å². The number of aliphatic imine (C=N–C) groups is 1. The maximum Gasteiger partial charge on any atom is 0.267 e. The number of aliphatic hydroxyl groups excluding tert-OH is 1. The topological polar surface area (TPSA) is 117 Å². The molecule has 0 radical (unpaired) electrons. The highest BCUT2D eigenvalue weighted by atomic mass is 32.2. The Balaban J connectivity index is 1.84. The van der Waals surface area contributed by atoms with Gasteiger partial charge in [-0.25, -0.2) is 8.42 Å². The summed E-state index contributed by atoms with van der Waals surface area (Å²) < 4.78 is 32.7. The van der Waals surface area contributed by atoms with Crippen molar-refractivity contribution in [3.8, 4) is 0 Å². The molecular formula is C20H20N2O6S2. The minimum Gasteiger partial charge on any atom is -0.463 e. The van der Waals surface area contributed by atoms with Gasteiger partial charge in [0.05, 0.1) is 31.1 Å². The van der Waals surface area contributed by atoms with Crippen LogP contribution in [0.15, 0.2) is 57.0 Å². The van der Waals surface area contributed by atoms with Gasteiger partial charge in [-0.2, -0.15) is 0 Å². The van der Waals surface area contributed by atoms with E-state index in [1.165, 1.54) is 37.3 Å². The number of furan rings is 1. The van der Waals surface area contributed by atoms with E-state index in [1.807, 2.05) is 0 Å². The maximum atomic E-state index is 13.1. The Morgan fingerprint density at radius 2 is 2.00 bits per heavy atom. The van der Waals surface area contributed by atoms with E-state index in [9.17, 15) is 23.1 Å². The van der Waals surface area contributed by atoms with Crippen molar-refractivity contribution in [3.63, 3.8) is 0 Å². The summed E-state index contributed by atoms with van der Waals surface area (Å²) in [5.74, 6) is 0.203. The zero-order valence-corrected chi connectivity index (χ0v) is 17.8. The molecule has 2 aromatic rings. The second-order valence-corrected chi connectivity index (χ2v) is 9.39. The average Bonchev–Trinajstić information content (AvgIpc) is 3.42. The molecule has 2 heterocycles. The van der Waals surface area contributed by atoms with Crippen LogP contribution in [-0.4, -0.2) is 56.1 Å². The van der Waals surface area contributed by atoms with Crippen molar-refractivity contribution in [2.45, 2.75) is 11.8 Å². The molecule has 0 atom stereocenters. The molecule has 0 saturated heterocycles. The molecule has 0 saturated carbocycles. The van der Waals surface area contributed by atoms with Gasteiger partial charge in [-0.1, -0.05) is 11.8 Å². The van der Waals surface area contributed by atoms with Gasteiger partial charge in [-0.15, -0.1) is 0 Å². The Bertz CT molecular complexity index is 1100. The highest BCUT2D eigenvalue weighted by Crippen LogP contribution is 2.28. The van der Waals surface area contributed by atoms with Gasteiger partial charge in [0, 0.05) is 30.3 Å². The molecule has 0 amide bonds. The minimum atomic E-state index is -4.00. The van der Waals surface area contributed by atoms with Crippen molar-refractivity contribution in [3.05, 3.63) is 54.0 Å². The van der Waals surface area contributed by atoms with Crippen LogP contribution in [0.3, 0.4) is 0 Å². The third kappa shape index (κ3) is 4.89. The van der Waals surface area contributed by atoms with Gasteiger partial charge in [0.1, 0.15) is 16.9 Å². The lowest BCUT2D eigenvalue weighted by Crippen LogP contribution is -2.33. The number of allylic oxidation sites excluding steroid dienone is 1. The number of anilines is 1. The van der Waals surface area contributed by atoms with E-state index in [2.05, 4.69) is 4.99 Å². The minimum absolute atomic E-state index is 0.0185. The molecule has 1 aliphatic heterocycles. The Kier molecular flexibility index (Phi) is 6.91. The third-order valence-electron chi connectivity index (χ3n) is 4.31. The molecule has 3 rings (SSSR count). The Morgan fingerprint density at radius 3 is 2.60 bits per heavy atom. The quantitative estimate of drug-likeness (QED) is 0.585. The van der Waals surface area contributed by atoms with E-state index in [0.29, 0.717) is 23.6 Å². The summed E-state index contributed by atoms with van der Waals surface area (Å²) in [5.41, 5.74) is 1.44. The van der Waals surface area contributed by atoms with Crippen LogP contribution in [0.5, 0.6) is 0 Å². The standard InChI is InChI=1S/C20H20N2O6S2/c1-14(24)29-13-19(25)15-2-4-17(5-3-15)22(8-9-23)30(26,27)18-10-20(28-12-18)16-6-7-21-11-16/h2-7,10,12,23H,8-9,11,13H2,1H3. The summed E-state index contributed by atoms with van der Waals surface area (Å²) in [6.45, 7) is 1.25. The van der Waals surface area contributed by atoms with Gasteiger partial charge >= 0.3 is 0 Å². The first kappa shape index (κ1) is 22.0. The molecule has 1 N–H and O–H groups in total. The number of rotatable bonds is 9. The lowest BCUT2D eigenvalue weighted by atomic mass is 10.1. The van der Waals surface area contributed by atoms with Crippen LogP contribution in [-0.2, 0) is 14.8 Å². The average molecular weight is 449 g/mol. The molecule has 1 aliphatic rings. The maximum absolute atomic E-state index is 13.1. The van der Waals surface area contributed by atoms with E-state index in [0.717, 1.165) is 27.9 Å². The monoisotopic (exact) mass is 448 g/mol. The zero-order chi connectivity index (χ0) is 21.7. The normalized spacial score (nSPS) is 13.3. The van der Waals surface area contributed by atoms with Crippen LogP contribution >= 0.6 is 11.8 Å². The number of sulfonamides is 1. The summed E-state index contributed by atoms with van der Waals surface area (Å²) in [4.78, 5) is 27.2. The lowest BCUT2D eigenvalue weighted by Gasteiger charge is -2.23. The molecule has 10 heteroatoms. The third-order valence-corrected chi connectivity index (χ3v) is 6.91. The first-order valence-corrected chi connectivity index (χ1v) is 11.4. The molecule has 30 heavy (non-hydrogen) atoms. The Labute approximate surface area is 178 Å². The van der Waals surface area contributed by atoms with Gasteiger partial charge in [-0.05, 0) is 30.3 Å². The van der Waals surface area contributed by atoms with E-state index < -0.39 is 16.6 Å². The number of nitrogens with zero attached hydrogens (tertiary/aromatic N) is 2. The summed E-state index contributed by atoms with van der Waals surface area (Å²) in [6, 6.07) is 7.41. The molecule has 0 aliphatic carbocycles. The predicted octanol–water partition coefficient (Wildman–Crippen LogP) is 2.40. The first-order valence-electron chi connectivity index (χ1n) is 9.01. The van der Waals surface area contributed by atoms with Crippen molar-refractivity contribution in [1.82, 2.24) is 0 Å². The molecule has 0 unspecified atom stereocenters. The number of hydrogen-bond acceptors (Lipinski definition) is 8. The predicted molar refractivity (Wildman–Crippen MR) is 116 cm³/mol. The van der Waals surface area contributed by atoms with Crippen LogP contribution in [0.4, 0.5) is 5.69 Å². The smallest absolute Gasteiger partial charge is 0.267 e. The van der Waals surface area contributed by atoms with Crippen LogP contribution < -0.4 is 4.31 Å². The summed E-state index contributed by atoms with van der Waals surface area (Å²) in [6.07, 6.45) is 4.54. The van der Waals surface area contributed by atoms with Crippen LogP contribution in [0.1, 0.15) is 23.0 Å². The number of Topliss-reactive ketones (excluding diaryl/α,β-unsaturated/α-hetero) is 1. The van der Waals surface area contributed by atoms with Crippen molar-refractivity contribution in [1.29, 1.82) is 0 Å². The fourth-order valence-corrected chi connectivity index (χ4v) is 4.70. The number of carbonyl (C=O) groups excluding carboxylic acids is 2. The summed E-state index contributed by atoms with van der Waals surface area (Å²) >= 11 is 0.915. The summed E-state index contributed by atoms with van der Waals surface area (Å²) in [7, 11) is -4.00. The number of ketones is 1. The van der Waals surface area contributed by atoms with E-state index >= 15 is 0 Å². The SMILES string of the molecule is CC(=O)SCC(=O)c1ccc(N(CCO)S(=O)(=O)c2coc(C3=CC=NC3)c2)cc1. The van der Waals surface area contributed by atoms with Crippen LogP contribution in [0.25, 0.3) is 5.57 Å². The fraction of sp³-hybridized carbons (Fsp3) is 0.250. The molecule has 0 spiro atoms. The van der Waals surface area contributed by atoms with E-state index in [-0.39, 0.29) is 28.1 Å².